The molecule has 6 heteroatoms. The van der Waals surface area contributed by atoms with Gasteiger partial charge in [-0.1, -0.05) is 0 Å². The van der Waals surface area contributed by atoms with Gasteiger partial charge < -0.3 is 19.9 Å². The lowest BCUT2D eigenvalue weighted by atomic mass is 10.1. The van der Waals surface area contributed by atoms with Gasteiger partial charge in [0.2, 0.25) is 0 Å². The summed E-state index contributed by atoms with van der Waals surface area (Å²) in [6, 6.07) is 4.04. The van der Waals surface area contributed by atoms with Gasteiger partial charge in [0.15, 0.2) is 5.96 Å². The normalized spacial score (nSPS) is 11.9. The SMILES string of the molecule is CN=C(NCCn1cccc1)NCC(C)(C)OC.I. The maximum absolute atomic E-state index is 5.35. The molecule has 2 N–H and O–H groups in total. The highest BCUT2D eigenvalue weighted by Crippen LogP contribution is 2.04. The Morgan fingerprint density at radius 2 is 1.89 bits per heavy atom. The number of aliphatic imine (C=N–C) groups is 1. The number of hydrogen-bond acceptors (Lipinski definition) is 2. The van der Waals surface area contributed by atoms with Crippen molar-refractivity contribution in [3.63, 3.8) is 0 Å². The van der Waals surface area contributed by atoms with Crippen molar-refractivity contribution in [1.82, 2.24) is 15.2 Å². The van der Waals surface area contributed by atoms with E-state index in [4.69, 9.17) is 4.74 Å². The monoisotopic (exact) mass is 380 g/mol. The van der Waals surface area contributed by atoms with Gasteiger partial charge in [0.1, 0.15) is 0 Å². The summed E-state index contributed by atoms with van der Waals surface area (Å²) in [6.07, 6.45) is 4.10. The van der Waals surface area contributed by atoms with Crippen LogP contribution in [-0.2, 0) is 11.3 Å². The van der Waals surface area contributed by atoms with E-state index in [-0.39, 0.29) is 29.6 Å². The third kappa shape index (κ3) is 7.41. The fourth-order valence-electron chi connectivity index (χ4n) is 1.41. The number of guanidine groups is 1. The van der Waals surface area contributed by atoms with Crippen LogP contribution < -0.4 is 10.6 Å². The summed E-state index contributed by atoms with van der Waals surface area (Å²) >= 11 is 0. The largest absolute Gasteiger partial charge is 0.377 e. The van der Waals surface area contributed by atoms with Crippen LogP contribution in [0.4, 0.5) is 0 Å². The molecule has 1 aromatic rings. The summed E-state index contributed by atoms with van der Waals surface area (Å²) in [5.41, 5.74) is -0.196. The summed E-state index contributed by atoms with van der Waals surface area (Å²) in [5.74, 6) is 0.798. The molecule has 0 radical (unpaired) electrons. The van der Waals surface area contributed by atoms with Crippen molar-refractivity contribution in [3.05, 3.63) is 24.5 Å². The lowest BCUT2D eigenvalue weighted by molar-refractivity contribution is 0.0268. The second kappa shape index (κ2) is 9.19. The second-order valence-corrected chi connectivity index (χ2v) is 4.74. The standard InChI is InChI=1S/C13H24N4O.HI/c1-13(2,18-4)11-16-12(14-3)15-7-10-17-8-5-6-9-17;/h5-6,8-9H,7,10-11H2,1-4H3,(H2,14,15,16);1H. The van der Waals surface area contributed by atoms with Gasteiger partial charge in [-0.05, 0) is 26.0 Å². The van der Waals surface area contributed by atoms with Crippen LogP contribution in [0.3, 0.4) is 0 Å². The molecule has 0 saturated heterocycles. The van der Waals surface area contributed by atoms with Crippen molar-refractivity contribution in [1.29, 1.82) is 0 Å². The van der Waals surface area contributed by atoms with E-state index in [1.807, 2.05) is 38.4 Å². The Bertz CT molecular complexity index is 363. The first-order valence-electron chi connectivity index (χ1n) is 6.18. The predicted octanol–water partition coefficient (Wildman–Crippen LogP) is 1.70. The smallest absolute Gasteiger partial charge is 0.191 e. The number of aromatic nitrogens is 1. The van der Waals surface area contributed by atoms with Gasteiger partial charge in [0.05, 0.1) is 5.60 Å². The van der Waals surface area contributed by atoms with Crippen LogP contribution in [0.5, 0.6) is 0 Å². The second-order valence-electron chi connectivity index (χ2n) is 4.74. The third-order valence-electron chi connectivity index (χ3n) is 2.79. The molecule has 0 atom stereocenters. The summed E-state index contributed by atoms with van der Waals surface area (Å²) in [4.78, 5) is 4.17. The summed E-state index contributed by atoms with van der Waals surface area (Å²) < 4.78 is 7.47. The first-order valence-corrected chi connectivity index (χ1v) is 6.18. The minimum atomic E-state index is -0.196. The molecule has 0 aliphatic carbocycles. The Morgan fingerprint density at radius 1 is 1.26 bits per heavy atom. The zero-order valence-electron chi connectivity index (χ0n) is 12.1. The van der Waals surface area contributed by atoms with Gasteiger partial charge >= 0.3 is 0 Å². The van der Waals surface area contributed by atoms with Crippen molar-refractivity contribution < 1.29 is 4.74 Å². The summed E-state index contributed by atoms with van der Waals surface area (Å²) in [7, 11) is 3.48. The number of ether oxygens (including phenoxy) is 1. The molecule has 0 aromatic carbocycles. The van der Waals surface area contributed by atoms with Crippen LogP contribution in [0.25, 0.3) is 0 Å². The van der Waals surface area contributed by atoms with Crippen LogP contribution >= 0.6 is 24.0 Å². The average Bonchev–Trinajstić information content (AvgIpc) is 2.86. The van der Waals surface area contributed by atoms with E-state index in [9.17, 15) is 0 Å². The molecule has 0 saturated carbocycles. The quantitative estimate of drug-likeness (QED) is 0.449. The first kappa shape index (κ1) is 18.2. The molecule has 0 fully saturated rings. The number of nitrogens with zero attached hydrogens (tertiary/aromatic N) is 2. The van der Waals surface area contributed by atoms with Crippen LogP contribution in [0, 0.1) is 0 Å². The lowest BCUT2D eigenvalue weighted by Gasteiger charge is -2.24. The predicted molar refractivity (Wildman–Crippen MR) is 90.3 cm³/mol. The fraction of sp³-hybridized carbons (Fsp3) is 0.615. The van der Waals surface area contributed by atoms with E-state index < -0.39 is 0 Å². The van der Waals surface area contributed by atoms with Gasteiger partial charge in [-0.3, -0.25) is 4.99 Å². The summed E-state index contributed by atoms with van der Waals surface area (Å²) in [5, 5.41) is 6.51. The van der Waals surface area contributed by atoms with Crippen molar-refractivity contribution in [2.45, 2.75) is 26.0 Å². The number of hydrogen-bond donors (Lipinski definition) is 2. The Hall–Kier alpha value is -0.760. The summed E-state index contributed by atoms with van der Waals surface area (Å²) in [6.45, 7) is 6.54. The molecule has 110 valence electrons. The minimum absolute atomic E-state index is 0. The fourth-order valence-corrected chi connectivity index (χ4v) is 1.41. The van der Waals surface area contributed by atoms with E-state index in [1.165, 1.54) is 0 Å². The zero-order chi connectivity index (χ0) is 13.4. The van der Waals surface area contributed by atoms with Crippen LogP contribution in [0.1, 0.15) is 13.8 Å². The molecular formula is C13H25IN4O. The lowest BCUT2D eigenvalue weighted by Crippen LogP contribution is -2.45. The van der Waals surface area contributed by atoms with Crippen molar-refractivity contribution >= 4 is 29.9 Å². The van der Waals surface area contributed by atoms with Crippen molar-refractivity contribution in [2.75, 3.05) is 27.2 Å². The highest BCUT2D eigenvalue weighted by molar-refractivity contribution is 14.0. The molecule has 1 heterocycles. The van der Waals surface area contributed by atoms with Crippen LogP contribution in [0.15, 0.2) is 29.5 Å². The third-order valence-corrected chi connectivity index (χ3v) is 2.79. The maximum Gasteiger partial charge on any atom is 0.191 e. The van der Waals surface area contributed by atoms with Gasteiger partial charge in [-0.15, -0.1) is 24.0 Å². The minimum Gasteiger partial charge on any atom is -0.377 e. The van der Waals surface area contributed by atoms with Crippen LogP contribution in [0.2, 0.25) is 0 Å². The van der Waals surface area contributed by atoms with Gasteiger partial charge in [0.25, 0.3) is 0 Å². The van der Waals surface area contributed by atoms with Crippen molar-refractivity contribution in [3.8, 4) is 0 Å². The molecule has 1 rings (SSSR count). The Kier molecular flexibility index (Phi) is 8.82. The Morgan fingerprint density at radius 3 is 2.42 bits per heavy atom. The van der Waals surface area contributed by atoms with E-state index in [1.54, 1.807) is 14.2 Å². The van der Waals surface area contributed by atoms with Gasteiger partial charge in [-0.25, -0.2) is 0 Å². The molecular weight excluding hydrogens is 355 g/mol. The van der Waals surface area contributed by atoms with Gasteiger partial charge in [0, 0.05) is 46.2 Å². The van der Waals surface area contributed by atoms with E-state index in [2.05, 4.69) is 20.2 Å². The molecule has 0 unspecified atom stereocenters. The van der Waals surface area contributed by atoms with E-state index in [0.717, 1.165) is 19.0 Å². The molecule has 0 aliphatic rings. The van der Waals surface area contributed by atoms with Crippen molar-refractivity contribution in [2.24, 2.45) is 4.99 Å². The van der Waals surface area contributed by atoms with Gasteiger partial charge in [-0.2, -0.15) is 0 Å². The molecule has 0 spiro atoms. The Labute approximate surface area is 132 Å². The molecule has 1 aromatic heterocycles. The zero-order valence-corrected chi connectivity index (χ0v) is 14.5. The van der Waals surface area contributed by atoms with E-state index >= 15 is 0 Å². The average molecular weight is 380 g/mol. The number of rotatable bonds is 6. The first-order chi connectivity index (χ1) is 8.57. The maximum atomic E-state index is 5.35. The number of halogens is 1. The number of methoxy groups -OCH3 is 1. The van der Waals surface area contributed by atoms with Crippen LogP contribution in [-0.4, -0.2) is 43.4 Å². The topological polar surface area (TPSA) is 50.6 Å². The molecule has 19 heavy (non-hydrogen) atoms. The molecule has 5 nitrogen and oxygen atoms in total. The molecule has 0 amide bonds. The Balaban J connectivity index is 0.00000324. The number of nitrogens with one attached hydrogen (secondary N) is 2. The highest BCUT2D eigenvalue weighted by atomic mass is 127. The highest BCUT2D eigenvalue weighted by Gasteiger charge is 2.16. The van der Waals surface area contributed by atoms with E-state index in [0.29, 0.717) is 6.54 Å². The molecule has 0 bridgehead atoms. The molecule has 0 aliphatic heterocycles.